The molecule has 0 atom stereocenters. The van der Waals surface area contributed by atoms with Crippen molar-refractivity contribution in [1.82, 2.24) is 24.5 Å². The van der Waals surface area contributed by atoms with E-state index in [1.165, 1.54) is 31.5 Å². The third kappa shape index (κ3) is 5.21. The van der Waals surface area contributed by atoms with Gasteiger partial charge in [-0.1, -0.05) is 11.6 Å². The van der Waals surface area contributed by atoms with Crippen molar-refractivity contribution in [2.45, 2.75) is 27.4 Å². The number of pyridine rings is 3. The van der Waals surface area contributed by atoms with E-state index in [0.29, 0.717) is 11.6 Å². The Kier molecular flexibility index (Phi) is 7.72. The second-order valence-electron chi connectivity index (χ2n) is 7.91. The van der Waals surface area contributed by atoms with Crippen molar-refractivity contribution in [3.63, 3.8) is 0 Å². The molecule has 4 aromatic heterocycles. The van der Waals surface area contributed by atoms with Gasteiger partial charge in [-0.15, -0.1) is 0 Å². The summed E-state index contributed by atoms with van der Waals surface area (Å²) in [6.45, 7) is 4.36. The molecule has 9 nitrogen and oxygen atoms in total. The summed E-state index contributed by atoms with van der Waals surface area (Å²) in [5, 5.41) is -0.401. The first-order chi connectivity index (χ1) is 18.1. The Hall–Kier alpha value is -4.32. The third-order valence-electron chi connectivity index (χ3n) is 5.30. The fourth-order valence-corrected chi connectivity index (χ4v) is 3.76. The van der Waals surface area contributed by atoms with Crippen molar-refractivity contribution in [2.24, 2.45) is 0 Å². The summed E-state index contributed by atoms with van der Waals surface area (Å²) >= 11 is 6.26. The Balaban J connectivity index is 1.75. The minimum absolute atomic E-state index is 0.00706. The first kappa shape index (κ1) is 26.7. The van der Waals surface area contributed by atoms with Gasteiger partial charge in [0.05, 0.1) is 24.2 Å². The first-order valence-corrected chi connectivity index (χ1v) is 11.5. The molecule has 0 amide bonds. The van der Waals surface area contributed by atoms with Gasteiger partial charge in [-0.05, 0) is 32.4 Å². The second-order valence-corrected chi connectivity index (χ2v) is 8.29. The SMILES string of the molecule is CCOC(=O)c1nccc(-c2ncc(C)c(-n3c(C)cc(OCc4ncc(F)cc4F)c(Cl)c3=O)c2F)n1. The number of aryl methyl sites for hydroxylation is 2. The number of esters is 1. The summed E-state index contributed by atoms with van der Waals surface area (Å²) in [5.41, 5.74) is -0.866. The van der Waals surface area contributed by atoms with E-state index < -0.39 is 40.6 Å². The highest BCUT2D eigenvalue weighted by molar-refractivity contribution is 6.31. The number of ether oxygens (including phenoxy) is 2. The van der Waals surface area contributed by atoms with E-state index in [1.807, 2.05) is 0 Å². The normalized spacial score (nSPS) is 10.9. The van der Waals surface area contributed by atoms with Gasteiger partial charge in [-0.25, -0.2) is 27.9 Å². The highest BCUT2D eigenvalue weighted by Crippen LogP contribution is 2.29. The molecule has 0 saturated heterocycles. The lowest BCUT2D eigenvalue weighted by atomic mass is 10.1. The lowest BCUT2D eigenvalue weighted by Gasteiger charge is -2.17. The maximum Gasteiger partial charge on any atom is 0.376 e. The molecular weight excluding hydrogens is 527 g/mol. The Labute approximate surface area is 218 Å². The van der Waals surface area contributed by atoms with Gasteiger partial charge in [0.1, 0.15) is 34.6 Å². The molecule has 13 heteroatoms. The molecule has 4 aromatic rings. The zero-order valence-corrected chi connectivity index (χ0v) is 21.0. The molecule has 0 aromatic carbocycles. The fourth-order valence-electron chi connectivity index (χ4n) is 3.56. The summed E-state index contributed by atoms with van der Waals surface area (Å²) in [7, 11) is 0. The molecule has 0 fully saturated rings. The summed E-state index contributed by atoms with van der Waals surface area (Å²) in [6.07, 6.45) is 3.42. The second kappa shape index (κ2) is 11.0. The molecule has 0 bridgehead atoms. The van der Waals surface area contributed by atoms with E-state index in [2.05, 4.69) is 19.9 Å². The minimum atomic E-state index is -0.927. The number of carbonyl (C=O) groups excluding carboxylic acids is 1. The van der Waals surface area contributed by atoms with Crippen LogP contribution in [0, 0.1) is 31.3 Å². The zero-order chi connectivity index (χ0) is 27.6. The predicted molar refractivity (Wildman–Crippen MR) is 130 cm³/mol. The van der Waals surface area contributed by atoms with Crippen molar-refractivity contribution < 1.29 is 27.4 Å². The van der Waals surface area contributed by atoms with Crippen molar-refractivity contribution >= 4 is 17.6 Å². The third-order valence-corrected chi connectivity index (χ3v) is 5.65. The topological polar surface area (TPSA) is 109 Å². The Morgan fingerprint density at radius 1 is 1.11 bits per heavy atom. The van der Waals surface area contributed by atoms with Gasteiger partial charge in [-0.2, -0.15) is 0 Å². The average Bonchev–Trinajstić information content (AvgIpc) is 2.88. The number of carbonyl (C=O) groups is 1. The molecule has 0 saturated carbocycles. The van der Waals surface area contributed by atoms with Gasteiger partial charge in [-0.3, -0.25) is 19.3 Å². The number of hydrogen-bond acceptors (Lipinski definition) is 8. The maximum absolute atomic E-state index is 15.9. The van der Waals surface area contributed by atoms with Crippen LogP contribution in [0.4, 0.5) is 13.2 Å². The largest absolute Gasteiger partial charge is 0.485 e. The quantitative estimate of drug-likeness (QED) is 0.312. The summed E-state index contributed by atoms with van der Waals surface area (Å²) < 4.78 is 54.3. The monoisotopic (exact) mass is 545 g/mol. The highest BCUT2D eigenvalue weighted by atomic mass is 35.5. The molecule has 4 rings (SSSR count). The van der Waals surface area contributed by atoms with Gasteiger partial charge in [0.25, 0.3) is 5.56 Å². The van der Waals surface area contributed by atoms with E-state index in [9.17, 15) is 18.4 Å². The first-order valence-electron chi connectivity index (χ1n) is 11.1. The van der Waals surface area contributed by atoms with Crippen molar-refractivity contribution in [2.75, 3.05) is 6.61 Å². The molecule has 0 aliphatic carbocycles. The minimum Gasteiger partial charge on any atom is -0.485 e. The molecule has 0 N–H and O–H groups in total. The summed E-state index contributed by atoms with van der Waals surface area (Å²) in [4.78, 5) is 40.9. The van der Waals surface area contributed by atoms with Crippen molar-refractivity contribution in [3.8, 4) is 22.8 Å². The summed E-state index contributed by atoms with van der Waals surface area (Å²) in [6, 6.07) is 3.37. The van der Waals surface area contributed by atoms with E-state index >= 15 is 4.39 Å². The van der Waals surface area contributed by atoms with Crippen LogP contribution in [0.2, 0.25) is 5.02 Å². The van der Waals surface area contributed by atoms with Crippen molar-refractivity contribution in [3.05, 3.63) is 92.4 Å². The molecular formula is C25H19ClF3N5O4. The standard InChI is InChI=1S/C25H19ClF3N5O4/c1-4-37-25(36)23-30-6-5-16(33-23)21-20(29)22(12(2)9-32-21)34-13(3)7-18(19(26)24(34)35)38-11-17-15(28)8-14(27)10-31-17/h5-10H,4,11H2,1-3H3. The Morgan fingerprint density at radius 2 is 1.87 bits per heavy atom. The number of nitrogens with zero attached hydrogens (tertiary/aromatic N) is 5. The molecule has 0 radical (unpaired) electrons. The predicted octanol–water partition coefficient (Wildman–Crippen LogP) is 4.53. The van der Waals surface area contributed by atoms with Crippen LogP contribution in [-0.2, 0) is 11.3 Å². The molecule has 196 valence electrons. The maximum atomic E-state index is 15.9. The fraction of sp³-hybridized carbons (Fsp3) is 0.200. The number of hydrogen-bond donors (Lipinski definition) is 0. The average molecular weight is 546 g/mol. The lowest BCUT2D eigenvalue weighted by molar-refractivity contribution is 0.0512. The van der Waals surface area contributed by atoms with Gasteiger partial charge in [0.2, 0.25) is 5.82 Å². The molecule has 0 aliphatic heterocycles. The van der Waals surface area contributed by atoms with Crippen LogP contribution in [0.25, 0.3) is 17.1 Å². The van der Waals surface area contributed by atoms with E-state index in [4.69, 9.17) is 21.1 Å². The van der Waals surface area contributed by atoms with Crippen LogP contribution in [0.3, 0.4) is 0 Å². The van der Waals surface area contributed by atoms with Crippen LogP contribution in [0.1, 0.15) is 34.5 Å². The van der Waals surface area contributed by atoms with E-state index in [0.717, 1.165) is 10.8 Å². The van der Waals surface area contributed by atoms with Crippen molar-refractivity contribution in [1.29, 1.82) is 0 Å². The molecule has 4 heterocycles. The van der Waals surface area contributed by atoms with Gasteiger partial charge in [0, 0.05) is 30.2 Å². The molecule has 38 heavy (non-hydrogen) atoms. The summed E-state index contributed by atoms with van der Waals surface area (Å²) in [5.74, 6) is -3.84. The van der Waals surface area contributed by atoms with Gasteiger partial charge < -0.3 is 9.47 Å². The van der Waals surface area contributed by atoms with Crippen LogP contribution >= 0.6 is 11.6 Å². The van der Waals surface area contributed by atoms with Crippen LogP contribution in [0.15, 0.2) is 41.6 Å². The van der Waals surface area contributed by atoms with E-state index in [-0.39, 0.29) is 46.6 Å². The molecule has 0 unspecified atom stereocenters. The highest BCUT2D eigenvalue weighted by Gasteiger charge is 2.23. The van der Waals surface area contributed by atoms with Gasteiger partial charge >= 0.3 is 5.97 Å². The van der Waals surface area contributed by atoms with E-state index in [1.54, 1.807) is 13.8 Å². The Morgan fingerprint density at radius 3 is 2.58 bits per heavy atom. The number of rotatable bonds is 7. The smallest absolute Gasteiger partial charge is 0.376 e. The van der Waals surface area contributed by atoms with Gasteiger partial charge in [0.15, 0.2) is 11.6 Å². The van der Waals surface area contributed by atoms with Crippen LogP contribution < -0.4 is 10.3 Å². The number of halogens is 4. The number of aromatic nitrogens is 5. The van der Waals surface area contributed by atoms with Crippen LogP contribution in [-0.4, -0.2) is 37.1 Å². The lowest BCUT2D eigenvalue weighted by Crippen LogP contribution is -2.24. The Bertz CT molecular complexity index is 1610. The zero-order valence-electron chi connectivity index (χ0n) is 20.3. The van der Waals surface area contributed by atoms with Crippen LogP contribution in [0.5, 0.6) is 5.75 Å². The molecule has 0 spiro atoms. The molecule has 0 aliphatic rings.